The van der Waals surface area contributed by atoms with E-state index in [1.165, 1.54) is 5.57 Å². The van der Waals surface area contributed by atoms with E-state index in [0.717, 1.165) is 12.8 Å². The Morgan fingerprint density at radius 2 is 2.11 bits per heavy atom. The number of esters is 1. The van der Waals surface area contributed by atoms with Crippen LogP contribution in [0.5, 0.6) is 0 Å². The maximum Gasteiger partial charge on any atom is 0.334 e. The van der Waals surface area contributed by atoms with Crippen LogP contribution in [0.2, 0.25) is 0 Å². The molecular weight excluding hydrogens is 228 g/mol. The minimum Gasteiger partial charge on any atom is -0.458 e. The van der Waals surface area contributed by atoms with Crippen LogP contribution < -0.4 is 0 Å². The fourth-order valence-corrected chi connectivity index (χ4v) is 2.68. The van der Waals surface area contributed by atoms with Crippen molar-refractivity contribution in [2.75, 3.05) is 0 Å². The number of Topliss-reactive ketones (excluding diaryl/α,β-unsaturated/α-hetero) is 1. The van der Waals surface area contributed by atoms with Gasteiger partial charge in [-0.15, -0.1) is 0 Å². The molecule has 3 unspecified atom stereocenters. The van der Waals surface area contributed by atoms with E-state index in [0.29, 0.717) is 18.4 Å². The highest BCUT2D eigenvalue weighted by molar-refractivity contribution is 5.91. The van der Waals surface area contributed by atoms with Gasteiger partial charge in [0.05, 0.1) is 0 Å². The van der Waals surface area contributed by atoms with Crippen LogP contribution >= 0.6 is 0 Å². The number of carbonyl (C=O) groups excluding carboxylic acids is 2. The first kappa shape index (κ1) is 13.1. The highest BCUT2D eigenvalue weighted by atomic mass is 16.6. The summed E-state index contributed by atoms with van der Waals surface area (Å²) in [5.41, 5.74) is 1.79. The molecule has 1 fully saturated rings. The summed E-state index contributed by atoms with van der Waals surface area (Å²) in [6, 6.07) is 0. The fraction of sp³-hybridized carbons (Fsp3) is 0.600. The van der Waals surface area contributed by atoms with Gasteiger partial charge in [0.1, 0.15) is 11.9 Å². The molecule has 0 aromatic carbocycles. The van der Waals surface area contributed by atoms with Crippen molar-refractivity contribution in [1.29, 1.82) is 0 Å². The van der Waals surface area contributed by atoms with Gasteiger partial charge < -0.3 is 4.74 Å². The van der Waals surface area contributed by atoms with Crippen molar-refractivity contribution in [2.45, 2.75) is 45.6 Å². The molecule has 0 aromatic rings. The predicted octanol–water partition coefficient (Wildman–Crippen LogP) is 2.81. The molecule has 1 aliphatic heterocycles. The molecule has 0 amide bonds. The van der Waals surface area contributed by atoms with Crippen LogP contribution in [0.15, 0.2) is 23.8 Å². The minimum atomic E-state index is -0.287. The van der Waals surface area contributed by atoms with Gasteiger partial charge in [0, 0.05) is 23.8 Å². The van der Waals surface area contributed by atoms with E-state index in [9.17, 15) is 9.59 Å². The third-order valence-electron chi connectivity index (χ3n) is 4.05. The number of ketones is 1. The van der Waals surface area contributed by atoms with Crippen molar-refractivity contribution in [3.05, 3.63) is 23.8 Å². The summed E-state index contributed by atoms with van der Waals surface area (Å²) in [7, 11) is 0. The highest BCUT2D eigenvalue weighted by Crippen LogP contribution is 2.35. The van der Waals surface area contributed by atoms with Gasteiger partial charge in [-0.3, -0.25) is 4.79 Å². The Labute approximate surface area is 108 Å². The zero-order chi connectivity index (χ0) is 13.3. The van der Waals surface area contributed by atoms with Gasteiger partial charge in [-0.05, 0) is 26.2 Å². The second-order valence-electron chi connectivity index (χ2n) is 5.47. The molecule has 0 N–H and O–H groups in total. The van der Waals surface area contributed by atoms with E-state index in [4.69, 9.17) is 4.74 Å². The first-order valence-corrected chi connectivity index (χ1v) is 6.57. The lowest BCUT2D eigenvalue weighted by Gasteiger charge is -2.22. The Bertz CT molecular complexity index is 419. The maximum atomic E-state index is 11.9. The standard InChI is InChI=1S/C15H20O3/c1-9-4-6-12-11(3)15(17)18-14(12)8-10(2)13(16)7-5-9/h5,10,12,14H,3-4,6-8H2,1-2H3. The molecule has 3 heteroatoms. The molecule has 1 heterocycles. The zero-order valence-corrected chi connectivity index (χ0v) is 11.1. The van der Waals surface area contributed by atoms with Gasteiger partial charge in [0.25, 0.3) is 0 Å². The quantitative estimate of drug-likeness (QED) is 0.376. The number of carbonyl (C=O) groups is 2. The highest BCUT2D eigenvalue weighted by Gasteiger charge is 2.39. The number of ether oxygens (including phenoxy) is 1. The molecule has 2 aliphatic rings. The molecule has 18 heavy (non-hydrogen) atoms. The summed E-state index contributed by atoms with van der Waals surface area (Å²) in [5, 5.41) is 0. The summed E-state index contributed by atoms with van der Waals surface area (Å²) in [4.78, 5) is 23.5. The van der Waals surface area contributed by atoms with Gasteiger partial charge in [-0.1, -0.05) is 25.2 Å². The average Bonchev–Trinajstić information content (AvgIpc) is 2.59. The minimum absolute atomic E-state index is 0.0571. The van der Waals surface area contributed by atoms with Crippen LogP contribution in [0.3, 0.4) is 0 Å². The van der Waals surface area contributed by atoms with Gasteiger partial charge >= 0.3 is 5.97 Å². The summed E-state index contributed by atoms with van der Waals surface area (Å²) >= 11 is 0. The smallest absolute Gasteiger partial charge is 0.334 e. The van der Waals surface area contributed by atoms with E-state index >= 15 is 0 Å². The molecule has 3 nitrogen and oxygen atoms in total. The normalized spacial score (nSPS) is 33.8. The van der Waals surface area contributed by atoms with Crippen LogP contribution in [-0.4, -0.2) is 17.9 Å². The summed E-state index contributed by atoms with van der Waals surface area (Å²) in [5.74, 6) is -0.0401. The monoisotopic (exact) mass is 248 g/mol. The molecule has 1 aliphatic carbocycles. The fourth-order valence-electron chi connectivity index (χ4n) is 2.68. The van der Waals surface area contributed by atoms with Crippen molar-refractivity contribution in [3.63, 3.8) is 0 Å². The number of allylic oxidation sites excluding steroid dienone is 2. The van der Waals surface area contributed by atoms with Gasteiger partial charge in [-0.2, -0.15) is 0 Å². The van der Waals surface area contributed by atoms with Crippen LogP contribution in [0.4, 0.5) is 0 Å². The van der Waals surface area contributed by atoms with Gasteiger partial charge in [0.2, 0.25) is 0 Å². The second-order valence-corrected chi connectivity index (χ2v) is 5.47. The summed E-state index contributed by atoms with van der Waals surface area (Å²) in [6.45, 7) is 7.79. The summed E-state index contributed by atoms with van der Waals surface area (Å²) < 4.78 is 5.35. The lowest BCUT2D eigenvalue weighted by molar-refractivity contribution is -0.140. The third kappa shape index (κ3) is 2.55. The predicted molar refractivity (Wildman–Crippen MR) is 68.9 cm³/mol. The zero-order valence-electron chi connectivity index (χ0n) is 11.1. The van der Waals surface area contributed by atoms with E-state index < -0.39 is 0 Å². The maximum absolute atomic E-state index is 11.9. The Hall–Kier alpha value is -1.38. The molecule has 0 saturated carbocycles. The van der Waals surface area contributed by atoms with Crippen molar-refractivity contribution in [1.82, 2.24) is 0 Å². The SMILES string of the molecule is C=C1C(=O)OC2CC(C)C(=O)CC=C(C)CCC12. The van der Waals surface area contributed by atoms with E-state index in [2.05, 4.69) is 6.58 Å². The van der Waals surface area contributed by atoms with Crippen LogP contribution in [0.1, 0.15) is 39.5 Å². The lowest BCUT2D eigenvalue weighted by Crippen LogP contribution is -2.24. The number of rotatable bonds is 0. The van der Waals surface area contributed by atoms with Gasteiger partial charge in [0.15, 0.2) is 0 Å². The van der Waals surface area contributed by atoms with Crippen LogP contribution in [0.25, 0.3) is 0 Å². The molecule has 1 saturated heterocycles. The van der Waals surface area contributed by atoms with E-state index in [-0.39, 0.29) is 29.7 Å². The molecule has 0 bridgehead atoms. The Morgan fingerprint density at radius 3 is 2.83 bits per heavy atom. The van der Waals surface area contributed by atoms with Crippen LogP contribution in [-0.2, 0) is 14.3 Å². The molecule has 0 aromatic heterocycles. The molecule has 2 rings (SSSR count). The Morgan fingerprint density at radius 1 is 1.39 bits per heavy atom. The molecule has 0 spiro atoms. The molecule has 0 radical (unpaired) electrons. The van der Waals surface area contributed by atoms with E-state index in [1.807, 2.05) is 19.9 Å². The largest absolute Gasteiger partial charge is 0.458 e. The average molecular weight is 248 g/mol. The number of hydrogen-bond donors (Lipinski definition) is 0. The van der Waals surface area contributed by atoms with E-state index in [1.54, 1.807) is 0 Å². The second kappa shape index (κ2) is 5.09. The van der Waals surface area contributed by atoms with Crippen LogP contribution in [0, 0.1) is 11.8 Å². The Kier molecular flexibility index (Phi) is 3.69. The first-order valence-electron chi connectivity index (χ1n) is 6.57. The van der Waals surface area contributed by atoms with Crippen molar-refractivity contribution >= 4 is 11.8 Å². The van der Waals surface area contributed by atoms with Crippen molar-refractivity contribution < 1.29 is 14.3 Å². The molecule has 98 valence electrons. The third-order valence-corrected chi connectivity index (χ3v) is 4.05. The lowest BCUT2D eigenvalue weighted by atomic mass is 9.83. The number of fused-ring (bicyclic) bond motifs is 1. The first-order chi connectivity index (χ1) is 8.49. The summed E-state index contributed by atoms with van der Waals surface area (Å²) in [6.07, 6.45) is 4.77. The van der Waals surface area contributed by atoms with Crippen molar-refractivity contribution in [3.8, 4) is 0 Å². The molecule has 3 atom stereocenters. The number of hydrogen-bond acceptors (Lipinski definition) is 3. The van der Waals surface area contributed by atoms with Crippen molar-refractivity contribution in [2.24, 2.45) is 11.8 Å². The van der Waals surface area contributed by atoms with Gasteiger partial charge in [-0.25, -0.2) is 4.79 Å². The topological polar surface area (TPSA) is 43.4 Å². The Balaban J connectivity index is 2.22. The molecular formula is C15H20O3.